The number of hydrogen-bond acceptors (Lipinski definition) is 7. The SMILES string of the molecule is CC(=O)Nc1ccc(/C=C/C(=O)C2C(=O)OC(=O)C(C(C)=O)=C2O)cc1. The Labute approximate surface area is 148 Å². The summed E-state index contributed by atoms with van der Waals surface area (Å²) in [5.74, 6) is -7.07. The molecule has 2 rings (SSSR count). The monoisotopic (exact) mass is 357 g/mol. The smallest absolute Gasteiger partial charge is 0.352 e. The molecule has 0 bridgehead atoms. The molecule has 8 nitrogen and oxygen atoms in total. The number of amides is 1. The number of ketones is 2. The quantitative estimate of drug-likeness (QED) is 0.352. The first-order valence-corrected chi connectivity index (χ1v) is 7.50. The molecule has 1 heterocycles. The minimum atomic E-state index is -1.76. The van der Waals surface area contributed by atoms with Crippen molar-refractivity contribution in [2.24, 2.45) is 5.92 Å². The summed E-state index contributed by atoms with van der Waals surface area (Å²) in [4.78, 5) is 57.8. The van der Waals surface area contributed by atoms with Crippen LogP contribution < -0.4 is 5.32 Å². The van der Waals surface area contributed by atoms with Crippen molar-refractivity contribution in [1.29, 1.82) is 0 Å². The molecule has 1 unspecified atom stereocenters. The first-order valence-electron chi connectivity index (χ1n) is 7.50. The Hall–Kier alpha value is -3.55. The van der Waals surface area contributed by atoms with Crippen molar-refractivity contribution in [3.05, 3.63) is 47.2 Å². The van der Waals surface area contributed by atoms with Crippen molar-refractivity contribution in [3.63, 3.8) is 0 Å². The number of benzene rings is 1. The van der Waals surface area contributed by atoms with Gasteiger partial charge in [-0.1, -0.05) is 18.2 Å². The van der Waals surface area contributed by atoms with Gasteiger partial charge in [0.25, 0.3) is 0 Å². The van der Waals surface area contributed by atoms with Crippen molar-refractivity contribution in [2.45, 2.75) is 13.8 Å². The molecule has 0 aliphatic carbocycles. The average molecular weight is 357 g/mol. The van der Waals surface area contributed by atoms with Crippen molar-refractivity contribution in [3.8, 4) is 0 Å². The predicted octanol–water partition coefficient (Wildman–Crippen LogP) is 1.33. The summed E-state index contributed by atoms with van der Waals surface area (Å²) in [6.07, 6.45) is 2.41. The molecular formula is C18H15NO7. The molecular weight excluding hydrogens is 342 g/mol. The highest BCUT2D eigenvalue weighted by molar-refractivity contribution is 6.24. The maximum Gasteiger partial charge on any atom is 0.352 e. The minimum Gasteiger partial charge on any atom is -0.510 e. The summed E-state index contributed by atoms with van der Waals surface area (Å²) in [6.45, 7) is 2.38. The second-order valence-electron chi connectivity index (χ2n) is 5.50. The second-order valence-corrected chi connectivity index (χ2v) is 5.50. The van der Waals surface area contributed by atoms with Gasteiger partial charge in [-0.05, 0) is 30.7 Å². The fourth-order valence-corrected chi connectivity index (χ4v) is 2.29. The number of ether oxygens (including phenoxy) is 1. The van der Waals surface area contributed by atoms with Crippen LogP contribution in [0.5, 0.6) is 0 Å². The van der Waals surface area contributed by atoms with Crippen LogP contribution in [0.3, 0.4) is 0 Å². The number of anilines is 1. The number of esters is 2. The van der Waals surface area contributed by atoms with Crippen LogP contribution in [0.25, 0.3) is 6.08 Å². The summed E-state index contributed by atoms with van der Waals surface area (Å²) in [6, 6.07) is 6.47. The van der Waals surface area contributed by atoms with Crippen LogP contribution in [0.15, 0.2) is 41.7 Å². The first kappa shape index (κ1) is 18.8. The lowest BCUT2D eigenvalue weighted by Crippen LogP contribution is -2.37. The van der Waals surface area contributed by atoms with E-state index in [1.54, 1.807) is 24.3 Å². The number of cyclic esters (lactones) is 2. The van der Waals surface area contributed by atoms with E-state index in [4.69, 9.17) is 0 Å². The largest absolute Gasteiger partial charge is 0.510 e. The number of carbonyl (C=O) groups is 5. The van der Waals surface area contributed by atoms with Crippen LogP contribution in [-0.4, -0.2) is 34.5 Å². The topological polar surface area (TPSA) is 127 Å². The highest BCUT2D eigenvalue weighted by Crippen LogP contribution is 2.24. The molecule has 1 aliphatic rings. The summed E-state index contributed by atoms with van der Waals surface area (Å²) >= 11 is 0. The maximum atomic E-state index is 12.2. The van der Waals surface area contributed by atoms with Crippen molar-refractivity contribution < 1.29 is 33.8 Å². The molecule has 0 saturated heterocycles. The van der Waals surface area contributed by atoms with Gasteiger partial charge in [-0.25, -0.2) is 4.79 Å². The van der Waals surface area contributed by atoms with Crippen LogP contribution in [0.2, 0.25) is 0 Å². The number of carbonyl (C=O) groups excluding carboxylic acids is 5. The van der Waals surface area contributed by atoms with Crippen LogP contribution in [0.4, 0.5) is 5.69 Å². The van der Waals surface area contributed by atoms with Gasteiger partial charge in [0, 0.05) is 12.6 Å². The highest BCUT2D eigenvalue weighted by atomic mass is 16.6. The Morgan fingerprint density at radius 1 is 1.12 bits per heavy atom. The third kappa shape index (κ3) is 4.10. The number of rotatable bonds is 5. The Morgan fingerprint density at radius 3 is 2.27 bits per heavy atom. The Balaban J connectivity index is 2.21. The lowest BCUT2D eigenvalue weighted by atomic mass is 9.93. The zero-order chi connectivity index (χ0) is 19.4. The predicted molar refractivity (Wildman–Crippen MR) is 89.7 cm³/mol. The van der Waals surface area contributed by atoms with Gasteiger partial charge in [-0.15, -0.1) is 0 Å². The van der Waals surface area contributed by atoms with Gasteiger partial charge in [-0.2, -0.15) is 0 Å². The van der Waals surface area contributed by atoms with E-state index in [1.807, 2.05) is 0 Å². The summed E-state index contributed by atoms with van der Waals surface area (Å²) < 4.78 is 4.36. The molecule has 1 aromatic carbocycles. The first-order chi connectivity index (χ1) is 12.2. The number of aliphatic hydroxyl groups excluding tert-OH is 1. The zero-order valence-electron chi connectivity index (χ0n) is 13.9. The summed E-state index contributed by atoms with van der Waals surface area (Å²) in [5, 5.41) is 12.6. The van der Waals surface area contributed by atoms with E-state index in [0.717, 1.165) is 13.0 Å². The Bertz CT molecular complexity index is 862. The van der Waals surface area contributed by atoms with Crippen LogP contribution in [0.1, 0.15) is 19.4 Å². The molecule has 0 fully saturated rings. The molecule has 1 amide bonds. The molecule has 0 saturated carbocycles. The van der Waals surface area contributed by atoms with Gasteiger partial charge < -0.3 is 15.2 Å². The van der Waals surface area contributed by atoms with E-state index in [1.165, 1.54) is 13.0 Å². The third-order valence-electron chi connectivity index (χ3n) is 3.47. The third-order valence-corrected chi connectivity index (χ3v) is 3.47. The van der Waals surface area contributed by atoms with E-state index in [2.05, 4.69) is 10.1 Å². The number of allylic oxidation sites excluding steroid dienone is 1. The molecule has 8 heteroatoms. The van der Waals surface area contributed by atoms with E-state index >= 15 is 0 Å². The molecule has 2 N–H and O–H groups in total. The lowest BCUT2D eigenvalue weighted by Gasteiger charge is -2.19. The number of hydrogen-bond donors (Lipinski definition) is 2. The molecule has 1 atom stereocenters. The highest BCUT2D eigenvalue weighted by Gasteiger charge is 2.42. The van der Waals surface area contributed by atoms with Crippen LogP contribution in [-0.2, 0) is 28.7 Å². The van der Waals surface area contributed by atoms with Crippen molar-refractivity contribution >= 4 is 41.2 Å². The molecule has 26 heavy (non-hydrogen) atoms. The van der Waals surface area contributed by atoms with Gasteiger partial charge in [0.15, 0.2) is 17.5 Å². The maximum absolute atomic E-state index is 12.2. The Morgan fingerprint density at radius 2 is 1.73 bits per heavy atom. The summed E-state index contributed by atoms with van der Waals surface area (Å²) in [5.41, 5.74) is 0.445. The van der Waals surface area contributed by atoms with E-state index < -0.39 is 40.8 Å². The lowest BCUT2D eigenvalue weighted by molar-refractivity contribution is -0.163. The number of aliphatic hydroxyl groups is 1. The van der Waals surface area contributed by atoms with Gasteiger partial charge in [0.2, 0.25) is 5.91 Å². The van der Waals surface area contributed by atoms with Gasteiger partial charge in [-0.3, -0.25) is 19.2 Å². The van der Waals surface area contributed by atoms with E-state index in [0.29, 0.717) is 11.3 Å². The fraction of sp³-hybridized carbons (Fsp3) is 0.167. The van der Waals surface area contributed by atoms with Gasteiger partial charge >= 0.3 is 11.9 Å². The second kappa shape index (κ2) is 7.56. The zero-order valence-corrected chi connectivity index (χ0v) is 13.9. The molecule has 1 aliphatic heterocycles. The van der Waals surface area contributed by atoms with Gasteiger partial charge in [0.05, 0.1) is 0 Å². The summed E-state index contributed by atoms with van der Waals surface area (Å²) in [7, 11) is 0. The minimum absolute atomic E-state index is 0.225. The van der Waals surface area contributed by atoms with Crippen LogP contribution in [0, 0.1) is 5.92 Å². The molecule has 1 aromatic rings. The number of nitrogens with one attached hydrogen (secondary N) is 1. The molecule has 0 aromatic heterocycles. The van der Waals surface area contributed by atoms with Crippen molar-refractivity contribution in [2.75, 3.05) is 5.32 Å². The van der Waals surface area contributed by atoms with Crippen molar-refractivity contribution in [1.82, 2.24) is 0 Å². The van der Waals surface area contributed by atoms with E-state index in [9.17, 15) is 29.1 Å². The normalized spacial score (nSPS) is 17.2. The van der Waals surface area contributed by atoms with Gasteiger partial charge in [0.1, 0.15) is 11.3 Å². The van der Waals surface area contributed by atoms with Crippen LogP contribution >= 0.6 is 0 Å². The molecule has 134 valence electrons. The standard InChI is InChI=1S/C18H15NO7/c1-9(20)14-16(23)15(18(25)26-17(14)24)13(22)8-5-11-3-6-12(7-4-11)19-10(2)21/h3-8,15,23H,1-2H3,(H,19,21)/b8-5+. The number of Topliss-reactive ketones (excluding diaryl/α,β-unsaturated/α-hetero) is 1. The molecule has 0 radical (unpaired) electrons. The fourth-order valence-electron chi connectivity index (χ4n) is 2.29. The average Bonchev–Trinajstić information content (AvgIpc) is 2.52. The molecule has 0 spiro atoms. The van der Waals surface area contributed by atoms with E-state index in [-0.39, 0.29) is 5.91 Å². The Kier molecular flexibility index (Phi) is 5.46.